The molecule has 4 rings (SSSR count). The van der Waals surface area contributed by atoms with Crippen molar-refractivity contribution in [2.75, 3.05) is 7.11 Å². The van der Waals surface area contributed by atoms with Gasteiger partial charge in [0, 0.05) is 29.4 Å². The molecule has 2 heterocycles. The Hall–Kier alpha value is -1.89. The van der Waals surface area contributed by atoms with Crippen molar-refractivity contribution in [3.8, 4) is 11.5 Å². The number of thiazole rings is 1. The molecule has 1 N–H and O–H groups in total. The van der Waals surface area contributed by atoms with E-state index in [0.29, 0.717) is 6.10 Å². The lowest BCUT2D eigenvalue weighted by Gasteiger charge is -2.18. The summed E-state index contributed by atoms with van der Waals surface area (Å²) in [7, 11) is 1.71. The summed E-state index contributed by atoms with van der Waals surface area (Å²) in [5.41, 5.74) is 1.18. The molecule has 0 amide bonds. The van der Waals surface area contributed by atoms with Gasteiger partial charge in [0.1, 0.15) is 5.01 Å². The smallest absolute Gasteiger partial charge is 0.161 e. The van der Waals surface area contributed by atoms with Gasteiger partial charge in [0.2, 0.25) is 0 Å². The second kappa shape index (κ2) is 9.54. The lowest BCUT2D eigenvalue weighted by molar-refractivity contribution is 0.200. The van der Waals surface area contributed by atoms with Crippen LogP contribution in [-0.4, -0.2) is 18.2 Å². The molecular formula is C22H26N2O2S2. The van der Waals surface area contributed by atoms with E-state index in [0.717, 1.165) is 42.3 Å². The molecule has 3 aromatic rings. The largest absolute Gasteiger partial charge is 0.493 e. The topological polar surface area (TPSA) is 43.4 Å². The Balaban J connectivity index is 1.43. The number of aromatic nitrogens is 1. The number of ether oxygens (including phenoxy) is 2. The van der Waals surface area contributed by atoms with Gasteiger partial charge in [0.25, 0.3) is 0 Å². The number of methoxy groups -OCH3 is 1. The first-order chi connectivity index (χ1) is 13.8. The molecule has 1 saturated carbocycles. The molecule has 1 aliphatic carbocycles. The molecule has 2 aromatic heterocycles. The van der Waals surface area contributed by atoms with Gasteiger partial charge in [-0.05, 0) is 54.8 Å². The van der Waals surface area contributed by atoms with Gasteiger partial charge < -0.3 is 14.8 Å². The van der Waals surface area contributed by atoms with E-state index in [1.807, 2.05) is 17.6 Å². The summed E-state index contributed by atoms with van der Waals surface area (Å²) in [5.74, 6) is 1.67. The molecule has 1 atom stereocenters. The minimum Gasteiger partial charge on any atom is -0.493 e. The summed E-state index contributed by atoms with van der Waals surface area (Å²) in [6.07, 6.45) is 7.97. The van der Waals surface area contributed by atoms with Crippen LogP contribution in [0.3, 0.4) is 0 Å². The van der Waals surface area contributed by atoms with Crippen molar-refractivity contribution in [1.29, 1.82) is 0 Å². The average molecular weight is 415 g/mol. The van der Waals surface area contributed by atoms with Crippen LogP contribution in [0.5, 0.6) is 11.5 Å². The summed E-state index contributed by atoms with van der Waals surface area (Å²) in [6, 6.07) is 10.8. The molecule has 1 aromatic carbocycles. The molecule has 0 bridgehead atoms. The lowest BCUT2D eigenvalue weighted by Crippen LogP contribution is -2.22. The first-order valence-electron chi connectivity index (χ1n) is 9.80. The molecule has 1 fully saturated rings. The maximum atomic E-state index is 6.15. The van der Waals surface area contributed by atoms with Crippen LogP contribution in [0, 0.1) is 0 Å². The van der Waals surface area contributed by atoms with E-state index in [4.69, 9.17) is 9.47 Å². The predicted molar refractivity (Wildman–Crippen MR) is 116 cm³/mol. The van der Waals surface area contributed by atoms with Crippen LogP contribution in [0.25, 0.3) is 0 Å². The van der Waals surface area contributed by atoms with Crippen molar-refractivity contribution in [3.05, 3.63) is 62.7 Å². The average Bonchev–Trinajstić information content (AvgIpc) is 3.49. The minimum atomic E-state index is 0.207. The van der Waals surface area contributed by atoms with Crippen molar-refractivity contribution in [3.63, 3.8) is 0 Å². The van der Waals surface area contributed by atoms with Crippen LogP contribution in [0.2, 0.25) is 0 Å². The summed E-state index contributed by atoms with van der Waals surface area (Å²) in [5, 5.41) is 8.97. The monoisotopic (exact) mass is 414 g/mol. The van der Waals surface area contributed by atoms with E-state index in [1.54, 1.807) is 29.8 Å². The third-order valence-corrected chi connectivity index (χ3v) is 6.90. The second-order valence-corrected chi connectivity index (χ2v) is 9.06. The molecule has 0 saturated heterocycles. The fraction of sp³-hybridized carbons (Fsp3) is 0.409. The number of nitrogens with zero attached hydrogens (tertiary/aromatic N) is 1. The van der Waals surface area contributed by atoms with Gasteiger partial charge in [-0.3, -0.25) is 0 Å². The third kappa shape index (κ3) is 4.93. The molecule has 4 nitrogen and oxygen atoms in total. The van der Waals surface area contributed by atoms with Crippen molar-refractivity contribution >= 4 is 22.7 Å². The molecular weight excluding hydrogens is 388 g/mol. The molecule has 1 aliphatic rings. The summed E-state index contributed by atoms with van der Waals surface area (Å²) in [4.78, 5) is 5.90. The van der Waals surface area contributed by atoms with E-state index in [2.05, 4.69) is 39.9 Å². The Morgan fingerprint density at radius 3 is 2.75 bits per heavy atom. The van der Waals surface area contributed by atoms with Crippen LogP contribution >= 0.6 is 22.7 Å². The molecule has 0 radical (unpaired) electrons. The van der Waals surface area contributed by atoms with Crippen LogP contribution in [0.4, 0.5) is 0 Å². The molecule has 6 heteroatoms. The molecule has 148 valence electrons. The number of hydrogen-bond acceptors (Lipinski definition) is 6. The Bertz CT molecular complexity index is 844. The first-order valence-corrected chi connectivity index (χ1v) is 11.6. The third-order valence-electron chi connectivity index (χ3n) is 5.11. The lowest BCUT2D eigenvalue weighted by atomic mass is 10.1. The molecule has 0 spiro atoms. The van der Waals surface area contributed by atoms with Crippen LogP contribution in [0.15, 0.2) is 47.3 Å². The Kier molecular flexibility index (Phi) is 6.62. The number of rotatable bonds is 9. The van der Waals surface area contributed by atoms with Gasteiger partial charge in [-0.1, -0.05) is 12.1 Å². The van der Waals surface area contributed by atoms with Crippen LogP contribution in [0.1, 0.15) is 47.2 Å². The van der Waals surface area contributed by atoms with Crippen LogP contribution in [-0.2, 0) is 13.0 Å². The van der Waals surface area contributed by atoms with E-state index < -0.39 is 0 Å². The Labute approximate surface area is 174 Å². The number of benzene rings is 1. The van der Waals surface area contributed by atoms with Crippen molar-refractivity contribution < 1.29 is 9.47 Å². The van der Waals surface area contributed by atoms with Crippen molar-refractivity contribution in [1.82, 2.24) is 10.3 Å². The van der Waals surface area contributed by atoms with Gasteiger partial charge >= 0.3 is 0 Å². The van der Waals surface area contributed by atoms with Crippen molar-refractivity contribution in [2.24, 2.45) is 0 Å². The molecule has 28 heavy (non-hydrogen) atoms. The fourth-order valence-electron chi connectivity index (χ4n) is 3.63. The fourth-order valence-corrected chi connectivity index (χ4v) is 5.10. The number of hydrogen-bond donors (Lipinski definition) is 1. The zero-order valence-corrected chi connectivity index (χ0v) is 17.7. The highest BCUT2D eigenvalue weighted by Crippen LogP contribution is 2.32. The van der Waals surface area contributed by atoms with Crippen molar-refractivity contribution in [2.45, 2.75) is 50.8 Å². The van der Waals surface area contributed by atoms with Gasteiger partial charge in [-0.2, -0.15) is 0 Å². The van der Waals surface area contributed by atoms with E-state index in [-0.39, 0.29) is 6.04 Å². The second-order valence-electron chi connectivity index (χ2n) is 7.10. The Morgan fingerprint density at radius 1 is 1.14 bits per heavy atom. The normalized spacial score (nSPS) is 15.6. The highest BCUT2D eigenvalue weighted by atomic mass is 32.1. The quantitative estimate of drug-likeness (QED) is 0.494. The van der Waals surface area contributed by atoms with Crippen LogP contribution < -0.4 is 14.8 Å². The van der Waals surface area contributed by atoms with Gasteiger partial charge in [0.05, 0.1) is 19.3 Å². The van der Waals surface area contributed by atoms with E-state index in [1.165, 1.54) is 23.3 Å². The SMILES string of the molecule is COc1cc(CNC(Cc2cccs2)c2nccs2)ccc1OC1CCCC1. The molecule has 1 unspecified atom stereocenters. The molecule has 0 aliphatic heterocycles. The van der Waals surface area contributed by atoms with E-state index in [9.17, 15) is 0 Å². The summed E-state index contributed by atoms with van der Waals surface area (Å²) in [6.45, 7) is 0.760. The van der Waals surface area contributed by atoms with Gasteiger partial charge in [-0.15, -0.1) is 22.7 Å². The first kappa shape index (κ1) is 19.4. The van der Waals surface area contributed by atoms with Gasteiger partial charge in [0.15, 0.2) is 11.5 Å². The number of nitrogens with one attached hydrogen (secondary N) is 1. The van der Waals surface area contributed by atoms with E-state index >= 15 is 0 Å². The predicted octanol–water partition coefficient (Wildman–Crippen LogP) is 5.61. The Morgan fingerprint density at radius 2 is 2.04 bits per heavy atom. The van der Waals surface area contributed by atoms with Gasteiger partial charge in [-0.25, -0.2) is 4.98 Å². The highest BCUT2D eigenvalue weighted by Gasteiger charge is 2.19. The summed E-state index contributed by atoms with van der Waals surface area (Å²) < 4.78 is 11.8. The maximum absolute atomic E-state index is 6.15. The maximum Gasteiger partial charge on any atom is 0.161 e. The highest BCUT2D eigenvalue weighted by molar-refractivity contribution is 7.10. The standard InChI is InChI=1S/C22H26N2O2S2/c1-25-21-13-16(8-9-20(21)26-17-5-2-3-6-17)15-24-19(22-23-10-12-28-22)14-18-7-4-11-27-18/h4,7-13,17,19,24H,2-3,5-6,14-15H2,1H3. The zero-order chi connectivity index (χ0) is 19.2. The summed E-state index contributed by atoms with van der Waals surface area (Å²) >= 11 is 3.50. The zero-order valence-electron chi connectivity index (χ0n) is 16.1. The number of thiophene rings is 1. The minimum absolute atomic E-state index is 0.207.